The van der Waals surface area contributed by atoms with Crippen LogP contribution in [-0.4, -0.2) is 51.1 Å². The molecule has 110 valence electrons. The Labute approximate surface area is 120 Å². The molecular formula is C15H24N4O. The van der Waals surface area contributed by atoms with Gasteiger partial charge < -0.3 is 20.9 Å². The molecule has 1 aliphatic heterocycles. The molecule has 1 amide bonds. The summed E-state index contributed by atoms with van der Waals surface area (Å²) < 4.78 is 0. The summed E-state index contributed by atoms with van der Waals surface area (Å²) in [7, 11) is 5.86. The second-order valence-electron chi connectivity index (χ2n) is 5.56. The minimum absolute atomic E-state index is 0.0630. The monoisotopic (exact) mass is 276 g/mol. The van der Waals surface area contributed by atoms with E-state index in [0.717, 1.165) is 25.2 Å². The van der Waals surface area contributed by atoms with Crippen LogP contribution < -0.4 is 16.0 Å². The van der Waals surface area contributed by atoms with Gasteiger partial charge in [-0.1, -0.05) is 0 Å². The van der Waals surface area contributed by atoms with Crippen LogP contribution in [0.25, 0.3) is 0 Å². The third-order valence-electron chi connectivity index (χ3n) is 3.96. The number of carbonyl (C=O) groups is 1. The van der Waals surface area contributed by atoms with Gasteiger partial charge in [-0.15, -0.1) is 0 Å². The number of amides is 1. The predicted octanol–water partition coefficient (Wildman–Crippen LogP) is 1.16. The standard InChI is InChI=1S/C15H24N4O/c1-17-15(20)13-7-6-11(16)9-14(13)19-8-4-5-12(10-19)18(2)3/h6-7,9,12H,4-5,8,10,16H2,1-3H3,(H,17,20). The summed E-state index contributed by atoms with van der Waals surface area (Å²) in [6.45, 7) is 1.90. The number of anilines is 2. The number of nitrogens with one attached hydrogen (secondary N) is 1. The predicted molar refractivity (Wildman–Crippen MR) is 83.2 cm³/mol. The van der Waals surface area contributed by atoms with E-state index in [1.54, 1.807) is 13.1 Å². The van der Waals surface area contributed by atoms with Gasteiger partial charge in [0, 0.05) is 31.9 Å². The first-order valence-corrected chi connectivity index (χ1v) is 7.06. The Morgan fingerprint density at radius 2 is 2.20 bits per heavy atom. The number of nitrogens with zero attached hydrogens (tertiary/aromatic N) is 2. The van der Waals surface area contributed by atoms with Crippen molar-refractivity contribution in [3.05, 3.63) is 23.8 Å². The molecular weight excluding hydrogens is 252 g/mol. The zero-order valence-electron chi connectivity index (χ0n) is 12.5. The van der Waals surface area contributed by atoms with Crippen molar-refractivity contribution in [1.29, 1.82) is 0 Å². The molecule has 3 N–H and O–H groups in total. The van der Waals surface area contributed by atoms with E-state index in [0.29, 0.717) is 17.3 Å². The normalized spacial score (nSPS) is 19.2. The number of piperidine rings is 1. The highest BCUT2D eigenvalue weighted by molar-refractivity contribution is 6.00. The summed E-state index contributed by atoms with van der Waals surface area (Å²) in [5.74, 6) is -0.0630. The molecule has 1 aromatic rings. The fourth-order valence-corrected chi connectivity index (χ4v) is 2.73. The first kappa shape index (κ1) is 14.7. The fraction of sp³-hybridized carbons (Fsp3) is 0.533. The summed E-state index contributed by atoms with van der Waals surface area (Å²) in [5.41, 5.74) is 8.23. The Kier molecular flexibility index (Phi) is 4.49. The van der Waals surface area contributed by atoms with Crippen LogP contribution in [0.15, 0.2) is 18.2 Å². The van der Waals surface area contributed by atoms with Crippen molar-refractivity contribution in [1.82, 2.24) is 10.2 Å². The molecule has 1 heterocycles. The van der Waals surface area contributed by atoms with Crippen LogP contribution in [0.4, 0.5) is 11.4 Å². The molecule has 1 unspecified atom stereocenters. The zero-order valence-corrected chi connectivity index (χ0v) is 12.5. The number of carbonyl (C=O) groups excluding carboxylic acids is 1. The summed E-state index contributed by atoms with van der Waals surface area (Å²) in [6.07, 6.45) is 2.33. The van der Waals surface area contributed by atoms with Crippen molar-refractivity contribution in [2.45, 2.75) is 18.9 Å². The maximum Gasteiger partial charge on any atom is 0.253 e. The Morgan fingerprint density at radius 1 is 1.45 bits per heavy atom. The topological polar surface area (TPSA) is 61.6 Å². The van der Waals surface area contributed by atoms with Crippen LogP contribution in [0.1, 0.15) is 23.2 Å². The van der Waals surface area contributed by atoms with E-state index in [-0.39, 0.29) is 5.91 Å². The molecule has 0 aromatic heterocycles. The molecule has 1 fully saturated rings. The van der Waals surface area contributed by atoms with Gasteiger partial charge in [-0.2, -0.15) is 0 Å². The number of nitrogens with two attached hydrogens (primary N) is 1. The quantitative estimate of drug-likeness (QED) is 0.813. The number of benzene rings is 1. The van der Waals surface area contributed by atoms with Crippen LogP contribution in [0.5, 0.6) is 0 Å². The van der Waals surface area contributed by atoms with E-state index in [4.69, 9.17) is 5.73 Å². The van der Waals surface area contributed by atoms with Gasteiger partial charge in [-0.05, 0) is 45.1 Å². The lowest BCUT2D eigenvalue weighted by Crippen LogP contribution is -2.45. The summed E-state index contributed by atoms with van der Waals surface area (Å²) in [6, 6.07) is 6.01. The highest BCUT2D eigenvalue weighted by atomic mass is 16.1. The lowest BCUT2D eigenvalue weighted by atomic mass is 10.0. The summed E-state index contributed by atoms with van der Waals surface area (Å²) in [4.78, 5) is 16.5. The molecule has 20 heavy (non-hydrogen) atoms. The molecule has 1 atom stereocenters. The Balaban J connectivity index is 2.30. The molecule has 1 saturated heterocycles. The van der Waals surface area contributed by atoms with Crippen molar-refractivity contribution >= 4 is 17.3 Å². The number of hydrogen-bond acceptors (Lipinski definition) is 4. The van der Waals surface area contributed by atoms with Gasteiger partial charge in [0.2, 0.25) is 0 Å². The Morgan fingerprint density at radius 3 is 2.85 bits per heavy atom. The van der Waals surface area contributed by atoms with Crippen molar-refractivity contribution in [3.63, 3.8) is 0 Å². The molecule has 0 spiro atoms. The summed E-state index contributed by atoms with van der Waals surface area (Å²) >= 11 is 0. The second-order valence-corrected chi connectivity index (χ2v) is 5.56. The van der Waals surface area contributed by atoms with Gasteiger partial charge in [0.05, 0.1) is 11.3 Å². The average molecular weight is 276 g/mol. The van der Waals surface area contributed by atoms with Gasteiger partial charge in [-0.3, -0.25) is 4.79 Å². The van der Waals surface area contributed by atoms with Crippen molar-refractivity contribution in [2.75, 3.05) is 44.9 Å². The lowest BCUT2D eigenvalue weighted by Gasteiger charge is -2.38. The van der Waals surface area contributed by atoms with E-state index in [1.807, 2.05) is 12.1 Å². The van der Waals surface area contributed by atoms with Gasteiger partial charge in [0.25, 0.3) is 5.91 Å². The van der Waals surface area contributed by atoms with Crippen molar-refractivity contribution < 1.29 is 4.79 Å². The lowest BCUT2D eigenvalue weighted by molar-refractivity contribution is 0.0963. The van der Waals surface area contributed by atoms with E-state index in [1.165, 1.54) is 6.42 Å². The summed E-state index contributed by atoms with van der Waals surface area (Å²) in [5, 5.41) is 2.70. The minimum Gasteiger partial charge on any atom is -0.399 e. The van der Waals surface area contributed by atoms with Crippen LogP contribution >= 0.6 is 0 Å². The SMILES string of the molecule is CNC(=O)c1ccc(N)cc1N1CCCC(N(C)C)C1. The maximum absolute atomic E-state index is 12.0. The zero-order chi connectivity index (χ0) is 14.7. The van der Waals surface area contributed by atoms with Crippen LogP contribution in [-0.2, 0) is 0 Å². The molecule has 1 aliphatic rings. The van der Waals surface area contributed by atoms with E-state index in [9.17, 15) is 4.79 Å². The highest BCUT2D eigenvalue weighted by Gasteiger charge is 2.24. The second kappa shape index (κ2) is 6.13. The molecule has 0 radical (unpaired) electrons. The van der Waals surface area contributed by atoms with Gasteiger partial charge in [0.1, 0.15) is 0 Å². The van der Waals surface area contributed by atoms with Crippen LogP contribution in [0.3, 0.4) is 0 Å². The molecule has 5 nitrogen and oxygen atoms in total. The molecule has 5 heteroatoms. The molecule has 0 saturated carbocycles. The fourth-order valence-electron chi connectivity index (χ4n) is 2.73. The average Bonchev–Trinajstić information content (AvgIpc) is 2.46. The Bertz CT molecular complexity index is 487. The van der Waals surface area contributed by atoms with E-state index in [2.05, 4.69) is 29.2 Å². The van der Waals surface area contributed by atoms with Gasteiger partial charge in [0.15, 0.2) is 0 Å². The molecule has 0 bridgehead atoms. The first-order chi connectivity index (χ1) is 9.52. The minimum atomic E-state index is -0.0630. The van der Waals surface area contributed by atoms with Crippen molar-refractivity contribution in [3.8, 4) is 0 Å². The van der Waals surface area contributed by atoms with E-state index < -0.39 is 0 Å². The third-order valence-corrected chi connectivity index (χ3v) is 3.96. The number of hydrogen-bond donors (Lipinski definition) is 2. The first-order valence-electron chi connectivity index (χ1n) is 7.06. The van der Waals surface area contributed by atoms with Crippen molar-refractivity contribution in [2.24, 2.45) is 0 Å². The van der Waals surface area contributed by atoms with Gasteiger partial charge >= 0.3 is 0 Å². The largest absolute Gasteiger partial charge is 0.399 e. The highest BCUT2D eigenvalue weighted by Crippen LogP contribution is 2.27. The van der Waals surface area contributed by atoms with Crippen LogP contribution in [0.2, 0.25) is 0 Å². The Hall–Kier alpha value is -1.75. The van der Waals surface area contributed by atoms with Crippen LogP contribution in [0, 0.1) is 0 Å². The smallest absolute Gasteiger partial charge is 0.253 e. The van der Waals surface area contributed by atoms with Gasteiger partial charge in [-0.25, -0.2) is 0 Å². The molecule has 1 aromatic carbocycles. The molecule has 2 rings (SSSR count). The number of rotatable bonds is 3. The number of nitrogen functional groups attached to an aromatic ring is 1. The maximum atomic E-state index is 12.0. The van der Waals surface area contributed by atoms with E-state index >= 15 is 0 Å². The third kappa shape index (κ3) is 3.04. The molecule has 0 aliphatic carbocycles. The number of likely N-dealkylation sites (N-methyl/N-ethyl adjacent to an activating group) is 1.